The number of piperidine rings is 1. The van der Waals surface area contributed by atoms with Gasteiger partial charge in [-0.25, -0.2) is 0 Å². The minimum atomic E-state index is -0.0585. The van der Waals surface area contributed by atoms with E-state index in [0.29, 0.717) is 15.8 Å². The van der Waals surface area contributed by atoms with Crippen LogP contribution in [-0.2, 0) is 4.79 Å². The highest BCUT2D eigenvalue weighted by Crippen LogP contribution is 2.46. The molecule has 0 radical (unpaired) electrons. The number of halogens is 2. The van der Waals surface area contributed by atoms with Crippen LogP contribution in [0.15, 0.2) is 48.5 Å². The van der Waals surface area contributed by atoms with Gasteiger partial charge in [0, 0.05) is 34.0 Å². The van der Waals surface area contributed by atoms with Gasteiger partial charge in [-0.1, -0.05) is 72.4 Å². The summed E-state index contributed by atoms with van der Waals surface area (Å²) in [7, 11) is 0. The molecule has 1 N–H and O–H groups in total. The Labute approximate surface area is 158 Å². The standard InChI is InChI=1S/C21H21Cl2NO/c22-17-11-5-3-7-13(17)19-15-9-1-2-10-16(21(15)25)20(24-19)14-8-4-6-12-18(14)23/h3-8,11-12,15-16,19-20,24H,1-2,9-10H2/t15-,16+,19+,20-. The summed E-state index contributed by atoms with van der Waals surface area (Å²) in [6.07, 6.45) is 4.02. The highest BCUT2D eigenvalue weighted by molar-refractivity contribution is 6.31. The lowest BCUT2D eigenvalue weighted by Gasteiger charge is -2.41. The van der Waals surface area contributed by atoms with Crippen LogP contribution in [0.25, 0.3) is 0 Å². The number of hydrogen-bond donors (Lipinski definition) is 1. The van der Waals surface area contributed by atoms with Crippen molar-refractivity contribution in [1.82, 2.24) is 5.32 Å². The number of nitrogens with one attached hydrogen (secondary N) is 1. The van der Waals surface area contributed by atoms with Crippen LogP contribution in [0.5, 0.6) is 0 Å². The summed E-state index contributed by atoms with van der Waals surface area (Å²) in [4.78, 5) is 13.3. The molecule has 2 fully saturated rings. The molecule has 1 saturated heterocycles. The van der Waals surface area contributed by atoms with E-state index in [1.165, 1.54) is 0 Å². The Morgan fingerprint density at radius 2 is 1.20 bits per heavy atom. The summed E-state index contributed by atoms with van der Waals surface area (Å²) in [5.74, 6) is 0.350. The third-order valence-corrected chi connectivity index (χ3v) is 6.34. The first-order chi connectivity index (χ1) is 12.2. The van der Waals surface area contributed by atoms with E-state index < -0.39 is 0 Å². The molecule has 1 heterocycles. The van der Waals surface area contributed by atoms with Crippen molar-refractivity contribution in [1.29, 1.82) is 0 Å². The van der Waals surface area contributed by atoms with E-state index in [1.54, 1.807) is 0 Å². The van der Waals surface area contributed by atoms with Crippen LogP contribution in [0.4, 0.5) is 0 Å². The lowest BCUT2D eigenvalue weighted by atomic mass is 9.74. The first kappa shape index (κ1) is 17.1. The second-order valence-corrected chi connectivity index (χ2v) is 7.88. The Hall–Kier alpha value is -1.35. The smallest absolute Gasteiger partial charge is 0.142 e. The topological polar surface area (TPSA) is 29.1 Å². The molecule has 4 rings (SSSR count). The molecule has 2 nitrogen and oxygen atoms in total. The van der Waals surface area contributed by atoms with E-state index in [1.807, 2.05) is 48.5 Å². The van der Waals surface area contributed by atoms with Crippen LogP contribution in [0.2, 0.25) is 10.0 Å². The van der Waals surface area contributed by atoms with Crippen LogP contribution in [0.3, 0.4) is 0 Å². The molecule has 2 aromatic rings. The number of fused-ring (bicyclic) bond motifs is 2. The van der Waals surface area contributed by atoms with Gasteiger partial charge in [0.25, 0.3) is 0 Å². The highest BCUT2D eigenvalue weighted by atomic mass is 35.5. The van der Waals surface area contributed by atoms with Gasteiger partial charge in [-0.3, -0.25) is 4.79 Å². The Kier molecular flexibility index (Phi) is 4.86. The minimum absolute atomic E-state index is 0.00821. The fourth-order valence-corrected chi connectivity index (χ4v) is 4.95. The van der Waals surface area contributed by atoms with E-state index in [0.717, 1.165) is 36.8 Å². The molecule has 1 saturated carbocycles. The summed E-state index contributed by atoms with van der Waals surface area (Å²) in [6, 6.07) is 15.6. The largest absolute Gasteiger partial charge is 0.302 e. The van der Waals surface area contributed by atoms with Gasteiger partial charge in [0.05, 0.1) is 0 Å². The van der Waals surface area contributed by atoms with Crippen LogP contribution in [0.1, 0.15) is 48.9 Å². The van der Waals surface area contributed by atoms with Gasteiger partial charge in [-0.05, 0) is 36.1 Å². The summed E-state index contributed by atoms with van der Waals surface area (Å²) in [6.45, 7) is 0. The van der Waals surface area contributed by atoms with Crippen LogP contribution >= 0.6 is 23.2 Å². The Morgan fingerprint density at radius 3 is 1.64 bits per heavy atom. The first-order valence-corrected chi connectivity index (χ1v) is 9.71. The van der Waals surface area contributed by atoms with E-state index >= 15 is 0 Å². The summed E-state index contributed by atoms with van der Waals surface area (Å²) in [5, 5.41) is 5.18. The summed E-state index contributed by atoms with van der Waals surface area (Å²) >= 11 is 12.9. The monoisotopic (exact) mass is 373 g/mol. The van der Waals surface area contributed by atoms with Gasteiger partial charge < -0.3 is 5.32 Å². The average molecular weight is 374 g/mol. The zero-order chi connectivity index (χ0) is 17.4. The van der Waals surface area contributed by atoms with Gasteiger partial charge in [0.1, 0.15) is 5.78 Å². The molecule has 1 aliphatic heterocycles. The van der Waals surface area contributed by atoms with E-state index in [-0.39, 0.29) is 23.9 Å². The van der Waals surface area contributed by atoms with E-state index in [9.17, 15) is 4.79 Å². The second kappa shape index (κ2) is 7.11. The molecule has 25 heavy (non-hydrogen) atoms. The van der Waals surface area contributed by atoms with Crippen molar-refractivity contribution in [3.63, 3.8) is 0 Å². The zero-order valence-corrected chi connectivity index (χ0v) is 15.4. The Bertz CT molecular complexity index is 727. The maximum absolute atomic E-state index is 13.3. The molecule has 0 unspecified atom stereocenters. The van der Waals surface area contributed by atoms with Crippen molar-refractivity contribution in [3.8, 4) is 0 Å². The zero-order valence-electron chi connectivity index (χ0n) is 13.9. The molecule has 2 aliphatic rings. The molecule has 0 spiro atoms. The second-order valence-electron chi connectivity index (χ2n) is 7.06. The molecular weight excluding hydrogens is 353 g/mol. The van der Waals surface area contributed by atoms with Gasteiger partial charge >= 0.3 is 0 Å². The fourth-order valence-electron chi connectivity index (χ4n) is 4.44. The number of rotatable bonds is 2. The van der Waals surface area contributed by atoms with Gasteiger partial charge in [0.15, 0.2) is 0 Å². The third kappa shape index (κ3) is 3.12. The normalized spacial score (nSPS) is 29.3. The minimum Gasteiger partial charge on any atom is -0.302 e. The number of hydrogen-bond acceptors (Lipinski definition) is 2. The summed E-state index contributed by atoms with van der Waals surface area (Å²) < 4.78 is 0. The summed E-state index contributed by atoms with van der Waals surface area (Å²) in [5.41, 5.74) is 2.03. The van der Waals surface area contributed by atoms with E-state index in [2.05, 4.69) is 5.32 Å². The molecule has 1 aliphatic carbocycles. The molecule has 4 heteroatoms. The number of carbonyl (C=O) groups excluding carboxylic acids is 1. The van der Waals surface area contributed by atoms with Gasteiger partial charge in [-0.2, -0.15) is 0 Å². The number of benzene rings is 2. The van der Waals surface area contributed by atoms with Crippen LogP contribution in [0, 0.1) is 11.8 Å². The fraction of sp³-hybridized carbons (Fsp3) is 0.381. The molecule has 0 amide bonds. The van der Waals surface area contributed by atoms with Crippen molar-refractivity contribution in [2.45, 2.75) is 37.8 Å². The molecule has 130 valence electrons. The van der Waals surface area contributed by atoms with Gasteiger partial charge in [0.2, 0.25) is 0 Å². The lowest BCUT2D eigenvalue weighted by molar-refractivity contribution is -0.131. The Morgan fingerprint density at radius 1 is 0.760 bits per heavy atom. The number of Topliss-reactive ketones (excluding diaryl/α,β-unsaturated/α-hetero) is 1. The van der Waals surface area contributed by atoms with Crippen molar-refractivity contribution >= 4 is 29.0 Å². The lowest BCUT2D eigenvalue weighted by Crippen LogP contribution is -2.47. The van der Waals surface area contributed by atoms with Crippen LogP contribution < -0.4 is 5.32 Å². The van der Waals surface area contributed by atoms with Gasteiger partial charge in [-0.15, -0.1) is 0 Å². The van der Waals surface area contributed by atoms with Crippen molar-refractivity contribution < 1.29 is 4.79 Å². The van der Waals surface area contributed by atoms with Crippen LogP contribution in [-0.4, -0.2) is 5.78 Å². The van der Waals surface area contributed by atoms with Crippen molar-refractivity contribution in [3.05, 3.63) is 69.7 Å². The molecule has 2 aromatic carbocycles. The molecule has 4 atom stereocenters. The molecule has 0 aromatic heterocycles. The predicted molar refractivity (Wildman–Crippen MR) is 102 cm³/mol. The third-order valence-electron chi connectivity index (χ3n) is 5.66. The average Bonchev–Trinajstić information content (AvgIpc) is 2.74. The maximum atomic E-state index is 13.3. The SMILES string of the molecule is O=C1[C@H]2CCCC[C@@H]1[C@H](c1ccccc1Cl)N[C@@H]2c1ccccc1Cl. The predicted octanol–water partition coefficient (Wildman–Crippen LogP) is 5.75. The first-order valence-electron chi connectivity index (χ1n) is 8.95. The number of ketones is 1. The van der Waals surface area contributed by atoms with Crippen molar-refractivity contribution in [2.24, 2.45) is 11.8 Å². The number of carbonyl (C=O) groups is 1. The molecular formula is C21H21Cl2NO. The quantitative estimate of drug-likeness (QED) is 0.725. The van der Waals surface area contributed by atoms with Crippen molar-refractivity contribution in [2.75, 3.05) is 0 Å². The molecule has 2 bridgehead atoms. The maximum Gasteiger partial charge on any atom is 0.142 e. The van der Waals surface area contributed by atoms with E-state index in [4.69, 9.17) is 23.2 Å². The Balaban J connectivity index is 1.79. The highest BCUT2D eigenvalue weighted by Gasteiger charge is 2.46.